The minimum Gasteiger partial charge on any atom is -0.395 e. The number of hydrogen-bond acceptors (Lipinski definition) is 4. The molecule has 0 saturated carbocycles. The Labute approximate surface area is 135 Å². The number of aliphatic hydroxyl groups is 1. The highest BCUT2D eigenvalue weighted by molar-refractivity contribution is 5.95. The smallest absolute Gasteiger partial charge is 0.279 e. The molecule has 0 unspecified atom stereocenters. The molecule has 6 heteroatoms. The first-order chi connectivity index (χ1) is 11.0. The number of carbonyl (C=O) groups excluding carboxylic acids is 1. The van der Waals surface area contributed by atoms with Crippen molar-refractivity contribution in [3.05, 3.63) is 63.1 Å². The summed E-state index contributed by atoms with van der Waals surface area (Å²) < 4.78 is 1.18. The summed E-state index contributed by atoms with van der Waals surface area (Å²) in [6, 6.07) is 9.48. The maximum atomic E-state index is 12.9. The normalized spacial score (nSPS) is 10.6. The largest absolute Gasteiger partial charge is 0.395 e. The lowest BCUT2D eigenvalue weighted by Gasteiger charge is -2.23. The van der Waals surface area contributed by atoms with Crippen LogP contribution in [0.2, 0.25) is 0 Å². The lowest BCUT2D eigenvalue weighted by Crippen LogP contribution is -2.39. The molecule has 2 rings (SSSR count). The molecule has 0 saturated heterocycles. The molecule has 0 aliphatic rings. The fraction of sp³-hybridized carbons (Fsp3) is 0.353. The van der Waals surface area contributed by atoms with Gasteiger partial charge in [-0.15, -0.1) is 0 Å². The van der Waals surface area contributed by atoms with Crippen molar-refractivity contribution in [1.29, 1.82) is 0 Å². The van der Waals surface area contributed by atoms with Crippen molar-refractivity contribution in [1.82, 2.24) is 14.7 Å². The van der Waals surface area contributed by atoms with Crippen LogP contribution in [0.5, 0.6) is 0 Å². The van der Waals surface area contributed by atoms with E-state index in [4.69, 9.17) is 0 Å². The monoisotopic (exact) mass is 315 g/mol. The summed E-state index contributed by atoms with van der Waals surface area (Å²) >= 11 is 0. The van der Waals surface area contributed by atoms with Crippen LogP contribution < -0.4 is 5.56 Å². The Bertz CT molecular complexity index is 754. The van der Waals surface area contributed by atoms with Gasteiger partial charge in [-0.05, 0) is 25.0 Å². The number of amides is 1. The number of carbonyl (C=O) groups is 1. The van der Waals surface area contributed by atoms with E-state index in [0.717, 1.165) is 5.56 Å². The number of benzene rings is 1. The minimum absolute atomic E-state index is 0.115. The Balaban J connectivity index is 2.41. The number of aromatic nitrogens is 2. The molecule has 1 amide bonds. The van der Waals surface area contributed by atoms with Crippen LogP contribution in [0.1, 0.15) is 27.2 Å². The fourth-order valence-electron chi connectivity index (χ4n) is 2.44. The molecule has 1 aromatic carbocycles. The van der Waals surface area contributed by atoms with E-state index in [-0.39, 0.29) is 24.6 Å². The van der Waals surface area contributed by atoms with Gasteiger partial charge in [0.2, 0.25) is 0 Å². The molecule has 0 bridgehead atoms. The van der Waals surface area contributed by atoms with Crippen molar-refractivity contribution >= 4 is 5.91 Å². The van der Waals surface area contributed by atoms with Gasteiger partial charge < -0.3 is 10.0 Å². The Kier molecular flexibility index (Phi) is 5.28. The maximum absolute atomic E-state index is 12.9. The predicted molar refractivity (Wildman–Crippen MR) is 87.2 cm³/mol. The molecule has 0 aliphatic carbocycles. The van der Waals surface area contributed by atoms with Gasteiger partial charge in [-0.3, -0.25) is 9.59 Å². The van der Waals surface area contributed by atoms with Gasteiger partial charge in [0.1, 0.15) is 5.56 Å². The average molecular weight is 315 g/mol. The van der Waals surface area contributed by atoms with E-state index in [9.17, 15) is 14.7 Å². The van der Waals surface area contributed by atoms with Gasteiger partial charge in [-0.25, -0.2) is 4.68 Å². The molecule has 1 heterocycles. The van der Waals surface area contributed by atoms with E-state index in [1.165, 1.54) is 16.6 Å². The topological polar surface area (TPSA) is 75.4 Å². The van der Waals surface area contributed by atoms with Gasteiger partial charge >= 0.3 is 0 Å². The number of rotatable bonds is 5. The summed E-state index contributed by atoms with van der Waals surface area (Å²) in [5.41, 5.74) is 1.85. The third-order valence-electron chi connectivity index (χ3n) is 3.81. The van der Waals surface area contributed by atoms with Gasteiger partial charge in [-0.1, -0.05) is 30.3 Å². The van der Waals surface area contributed by atoms with Crippen molar-refractivity contribution in [2.75, 3.05) is 13.2 Å². The van der Waals surface area contributed by atoms with Crippen LogP contribution in [0.3, 0.4) is 0 Å². The molecule has 0 radical (unpaired) electrons. The quantitative estimate of drug-likeness (QED) is 0.894. The highest BCUT2D eigenvalue weighted by atomic mass is 16.3. The van der Waals surface area contributed by atoms with E-state index in [0.29, 0.717) is 17.8 Å². The van der Waals surface area contributed by atoms with Crippen LogP contribution in [0, 0.1) is 13.8 Å². The van der Waals surface area contributed by atoms with Crippen molar-refractivity contribution < 1.29 is 9.90 Å². The summed E-state index contributed by atoms with van der Waals surface area (Å²) in [6.45, 7) is 3.82. The maximum Gasteiger partial charge on any atom is 0.279 e. The molecular formula is C17H21N3O3. The molecule has 6 nitrogen and oxygen atoms in total. The van der Waals surface area contributed by atoms with Crippen LogP contribution in [-0.4, -0.2) is 38.8 Å². The van der Waals surface area contributed by atoms with E-state index in [1.807, 2.05) is 30.3 Å². The second-order valence-corrected chi connectivity index (χ2v) is 5.45. The van der Waals surface area contributed by atoms with Gasteiger partial charge in [0.25, 0.3) is 11.5 Å². The first-order valence-electron chi connectivity index (χ1n) is 7.44. The second kappa shape index (κ2) is 7.19. The Morgan fingerprint density at radius 2 is 1.91 bits per heavy atom. The number of nitrogens with zero attached hydrogens (tertiary/aromatic N) is 3. The summed E-state index contributed by atoms with van der Waals surface area (Å²) in [7, 11) is 1.53. The van der Waals surface area contributed by atoms with Gasteiger partial charge in [0.05, 0.1) is 12.3 Å². The van der Waals surface area contributed by atoms with E-state index in [2.05, 4.69) is 5.10 Å². The zero-order valence-electron chi connectivity index (χ0n) is 13.6. The summed E-state index contributed by atoms with van der Waals surface area (Å²) in [6.07, 6.45) is 0. The third kappa shape index (κ3) is 3.65. The fourth-order valence-corrected chi connectivity index (χ4v) is 2.44. The molecular weight excluding hydrogens is 294 g/mol. The molecule has 0 fully saturated rings. The first-order valence-corrected chi connectivity index (χ1v) is 7.44. The van der Waals surface area contributed by atoms with Crippen LogP contribution in [0.4, 0.5) is 0 Å². The molecule has 23 heavy (non-hydrogen) atoms. The third-order valence-corrected chi connectivity index (χ3v) is 3.81. The Morgan fingerprint density at radius 3 is 2.52 bits per heavy atom. The molecule has 1 aromatic heterocycles. The van der Waals surface area contributed by atoms with Gasteiger partial charge in [-0.2, -0.15) is 5.10 Å². The Hall–Kier alpha value is -2.47. The van der Waals surface area contributed by atoms with E-state index in [1.54, 1.807) is 13.8 Å². The van der Waals surface area contributed by atoms with Gasteiger partial charge in [0.15, 0.2) is 0 Å². The van der Waals surface area contributed by atoms with E-state index < -0.39 is 5.56 Å². The molecule has 0 atom stereocenters. The average Bonchev–Trinajstić information content (AvgIpc) is 2.54. The lowest BCUT2D eigenvalue weighted by molar-refractivity contribution is 0.0704. The van der Waals surface area contributed by atoms with E-state index >= 15 is 0 Å². The molecule has 1 N–H and O–H groups in total. The molecule has 0 spiro atoms. The highest BCUT2D eigenvalue weighted by Crippen LogP contribution is 2.12. The number of hydrogen-bond donors (Lipinski definition) is 1. The molecule has 2 aromatic rings. The van der Waals surface area contributed by atoms with Crippen molar-refractivity contribution in [2.24, 2.45) is 7.05 Å². The van der Waals surface area contributed by atoms with Crippen LogP contribution >= 0.6 is 0 Å². The Morgan fingerprint density at radius 1 is 1.26 bits per heavy atom. The number of aliphatic hydroxyl groups excluding tert-OH is 1. The second-order valence-electron chi connectivity index (χ2n) is 5.45. The standard InChI is InChI=1S/C17H21N3O3/c1-12-13(2)18-19(3)16(22)15(12)17(23)20(9-10-21)11-14-7-5-4-6-8-14/h4-8,21H,9-11H2,1-3H3. The minimum atomic E-state index is -0.422. The number of aryl methyl sites for hydroxylation is 2. The van der Waals surface area contributed by atoms with Crippen LogP contribution in [0.15, 0.2) is 35.1 Å². The summed E-state index contributed by atoms with van der Waals surface area (Å²) in [4.78, 5) is 26.7. The summed E-state index contributed by atoms with van der Waals surface area (Å²) in [5, 5.41) is 13.4. The SMILES string of the molecule is Cc1nn(C)c(=O)c(C(=O)N(CCO)Cc2ccccc2)c1C. The van der Waals surface area contributed by atoms with Gasteiger partial charge in [0, 0.05) is 20.1 Å². The zero-order valence-corrected chi connectivity index (χ0v) is 13.6. The first kappa shape index (κ1) is 16.9. The lowest BCUT2D eigenvalue weighted by atomic mass is 10.1. The molecule has 122 valence electrons. The van der Waals surface area contributed by atoms with Crippen LogP contribution in [0.25, 0.3) is 0 Å². The van der Waals surface area contributed by atoms with Crippen molar-refractivity contribution in [3.8, 4) is 0 Å². The highest BCUT2D eigenvalue weighted by Gasteiger charge is 2.23. The van der Waals surface area contributed by atoms with Crippen molar-refractivity contribution in [3.63, 3.8) is 0 Å². The molecule has 0 aliphatic heterocycles. The predicted octanol–water partition coefficient (Wildman–Crippen LogP) is 1.03. The summed E-state index contributed by atoms with van der Waals surface area (Å²) in [5.74, 6) is -0.383. The van der Waals surface area contributed by atoms with Crippen molar-refractivity contribution in [2.45, 2.75) is 20.4 Å². The van der Waals surface area contributed by atoms with Crippen LogP contribution in [-0.2, 0) is 13.6 Å². The zero-order chi connectivity index (χ0) is 17.0.